The maximum Gasteiger partial charge on any atom is 0.113 e. The van der Waals surface area contributed by atoms with Crippen LogP contribution in [0.15, 0.2) is 24.3 Å². The third-order valence-corrected chi connectivity index (χ3v) is 1.68. The first-order valence-electron chi connectivity index (χ1n) is 3.17. The van der Waals surface area contributed by atoms with Gasteiger partial charge in [-0.1, -0.05) is 29.6 Å². The summed E-state index contributed by atoms with van der Waals surface area (Å²) in [5.41, 5.74) is 3.28. The lowest BCUT2D eigenvalue weighted by atomic mass is 10.3. The van der Waals surface area contributed by atoms with Crippen molar-refractivity contribution in [3.63, 3.8) is 0 Å². The predicted molar refractivity (Wildman–Crippen MR) is 46.6 cm³/mol. The number of para-hydroxylation sites is 1. The first-order chi connectivity index (χ1) is 5.42. The van der Waals surface area contributed by atoms with Crippen LogP contribution in [0.3, 0.4) is 0 Å². The van der Waals surface area contributed by atoms with E-state index in [0.717, 1.165) is 11.0 Å². The predicted octanol–water partition coefficient (Wildman–Crippen LogP) is 1.24. The molecule has 1 aromatic heterocycles. The van der Waals surface area contributed by atoms with Crippen LogP contribution >= 0.6 is 12.2 Å². The lowest BCUT2D eigenvalue weighted by molar-refractivity contribution is 0.884. The number of benzene rings is 1. The van der Waals surface area contributed by atoms with Gasteiger partial charge in [0.1, 0.15) is 5.52 Å². The number of thiocarbonyl (C=S) groups is 1. The van der Waals surface area contributed by atoms with Crippen LogP contribution in [0.5, 0.6) is 0 Å². The smallest absolute Gasteiger partial charge is 0.113 e. The van der Waals surface area contributed by atoms with Gasteiger partial charge in [0.05, 0.1) is 11.0 Å². The average molecular weight is 163 g/mol. The van der Waals surface area contributed by atoms with Crippen LogP contribution in [-0.2, 0) is 0 Å². The minimum absolute atomic E-state index is 0.869. The summed E-state index contributed by atoms with van der Waals surface area (Å²) in [6, 6.07) is 7.68. The summed E-state index contributed by atoms with van der Waals surface area (Å²) >= 11 is 4.74. The Morgan fingerprint density at radius 1 is 1.36 bits per heavy atom. The highest BCUT2D eigenvalue weighted by Gasteiger charge is 1.98. The van der Waals surface area contributed by atoms with Gasteiger partial charge in [-0.25, -0.2) is 4.68 Å². The molecule has 0 N–H and O–H groups in total. The van der Waals surface area contributed by atoms with E-state index in [1.807, 2.05) is 24.3 Å². The lowest BCUT2D eigenvalue weighted by Gasteiger charge is -1.87. The van der Waals surface area contributed by atoms with Crippen molar-refractivity contribution < 1.29 is 0 Å². The van der Waals surface area contributed by atoms with Gasteiger partial charge in [-0.3, -0.25) is 0 Å². The van der Waals surface area contributed by atoms with Gasteiger partial charge in [0.2, 0.25) is 0 Å². The molecular weight excluding hydrogens is 158 g/mol. The van der Waals surface area contributed by atoms with Crippen molar-refractivity contribution in [1.29, 1.82) is 0 Å². The van der Waals surface area contributed by atoms with Crippen molar-refractivity contribution in [2.75, 3.05) is 0 Å². The van der Waals surface area contributed by atoms with Crippen LogP contribution in [0.2, 0.25) is 0 Å². The Labute approximate surface area is 68.6 Å². The van der Waals surface area contributed by atoms with E-state index < -0.39 is 0 Å². The maximum atomic E-state index is 4.74. The highest BCUT2D eigenvalue weighted by Crippen LogP contribution is 2.07. The molecule has 4 heteroatoms. The molecule has 0 aliphatic rings. The van der Waals surface area contributed by atoms with Crippen molar-refractivity contribution in [1.82, 2.24) is 15.0 Å². The monoisotopic (exact) mass is 163 g/mol. The molecule has 2 rings (SSSR count). The van der Waals surface area contributed by atoms with Crippen molar-refractivity contribution >= 4 is 28.7 Å². The largest absolute Gasteiger partial charge is 0.209 e. The number of nitrogens with zero attached hydrogens (tertiary/aromatic N) is 3. The second kappa shape index (κ2) is 2.39. The molecule has 0 saturated heterocycles. The van der Waals surface area contributed by atoms with Gasteiger partial charge in [0.15, 0.2) is 0 Å². The summed E-state index contributed by atoms with van der Waals surface area (Å²) in [4.78, 5) is 0. The highest BCUT2D eigenvalue weighted by atomic mass is 32.1. The van der Waals surface area contributed by atoms with Crippen molar-refractivity contribution in [2.45, 2.75) is 0 Å². The van der Waals surface area contributed by atoms with Gasteiger partial charge in [-0.2, -0.15) is 0 Å². The van der Waals surface area contributed by atoms with E-state index in [1.165, 1.54) is 5.49 Å². The highest BCUT2D eigenvalue weighted by molar-refractivity contribution is 7.78. The van der Waals surface area contributed by atoms with Crippen LogP contribution in [0.4, 0.5) is 0 Å². The third-order valence-electron chi connectivity index (χ3n) is 1.48. The second-order valence-corrected chi connectivity index (χ2v) is 2.34. The van der Waals surface area contributed by atoms with Crippen molar-refractivity contribution in [3.05, 3.63) is 24.3 Å². The number of hydrogen-bond acceptors (Lipinski definition) is 3. The van der Waals surface area contributed by atoms with Gasteiger partial charge in [0, 0.05) is 0 Å². The molecule has 54 valence electrons. The topological polar surface area (TPSA) is 30.7 Å². The van der Waals surface area contributed by atoms with Gasteiger partial charge >= 0.3 is 0 Å². The van der Waals surface area contributed by atoms with Crippen LogP contribution in [-0.4, -0.2) is 20.5 Å². The van der Waals surface area contributed by atoms with Gasteiger partial charge in [0.25, 0.3) is 0 Å². The molecule has 0 spiro atoms. The van der Waals surface area contributed by atoms with Gasteiger partial charge < -0.3 is 0 Å². The second-order valence-electron chi connectivity index (χ2n) is 2.13. The molecule has 0 aliphatic heterocycles. The van der Waals surface area contributed by atoms with Gasteiger partial charge in [-0.05, 0) is 12.1 Å². The van der Waals surface area contributed by atoms with Crippen molar-refractivity contribution in [3.8, 4) is 0 Å². The molecule has 1 aromatic carbocycles. The minimum atomic E-state index is 0.869. The Morgan fingerprint density at radius 3 is 3.00 bits per heavy atom. The summed E-state index contributed by atoms with van der Waals surface area (Å²) in [7, 11) is 0. The maximum absolute atomic E-state index is 4.74. The van der Waals surface area contributed by atoms with Crippen LogP contribution in [0.1, 0.15) is 0 Å². The quantitative estimate of drug-likeness (QED) is 0.592. The number of hydrogen-bond donors (Lipinski definition) is 0. The molecule has 0 saturated carbocycles. The fourth-order valence-electron chi connectivity index (χ4n) is 0.965. The molecule has 0 atom stereocenters. The molecule has 0 amide bonds. The Morgan fingerprint density at radius 2 is 2.18 bits per heavy atom. The Kier molecular flexibility index (Phi) is 1.40. The molecule has 0 unspecified atom stereocenters. The Balaban J connectivity index is 2.86. The zero-order valence-corrected chi connectivity index (χ0v) is 6.45. The number of rotatable bonds is 1. The zero-order valence-electron chi connectivity index (χ0n) is 5.64. The lowest BCUT2D eigenvalue weighted by Crippen LogP contribution is -1.93. The zero-order chi connectivity index (χ0) is 7.68. The number of fused-ring (bicyclic) bond motifs is 1. The fraction of sp³-hybridized carbons (Fsp3) is 0. The summed E-state index contributed by atoms with van der Waals surface area (Å²) in [5, 5.41) is 7.73. The minimum Gasteiger partial charge on any atom is -0.209 e. The summed E-state index contributed by atoms with van der Waals surface area (Å²) in [6.07, 6.45) is 0. The summed E-state index contributed by atoms with van der Waals surface area (Å²) in [5.74, 6) is 0. The number of aromatic nitrogens is 3. The summed E-state index contributed by atoms with van der Waals surface area (Å²) < 4.78 is 1.57. The van der Waals surface area contributed by atoms with E-state index in [0.29, 0.717) is 0 Å². The molecule has 11 heavy (non-hydrogen) atoms. The molecule has 0 radical (unpaired) electrons. The van der Waals surface area contributed by atoms with Crippen LogP contribution in [0.25, 0.3) is 11.0 Å². The van der Waals surface area contributed by atoms with E-state index in [2.05, 4.69) is 10.3 Å². The summed E-state index contributed by atoms with van der Waals surface area (Å²) in [6.45, 7) is 0. The molecule has 1 heterocycles. The molecule has 0 fully saturated rings. The standard InChI is InChI=1S/C7H5N3S/c11-5-10-7-4-2-1-3-6(7)8-9-10/h1-5H. The first kappa shape index (κ1) is 6.42. The van der Waals surface area contributed by atoms with E-state index in [9.17, 15) is 0 Å². The third kappa shape index (κ3) is 0.914. The average Bonchev–Trinajstić information content (AvgIpc) is 2.47. The first-order valence-corrected chi connectivity index (χ1v) is 3.64. The van der Waals surface area contributed by atoms with E-state index in [4.69, 9.17) is 12.2 Å². The van der Waals surface area contributed by atoms with E-state index in [1.54, 1.807) is 4.68 Å². The molecule has 2 aromatic rings. The Bertz CT molecular complexity index is 393. The van der Waals surface area contributed by atoms with Crippen molar-refractivity contribution in [2.24, 2.45) is 0 Å². The molecule has 0 aliphatic carbocycles. The van der Waals surface area contributed by atoms with Crippen LogP contribution in [0, 0.1) is 0 Å². The molecule has 0 bridgehead atoms. The van der Waals surface area contributed by atoms with E-state index in [-0.39, 0.29) is 0 Å². The van der Waals surface area contributed by atoms with Crippen LogP contribution < -0.4 is 0 Å². The van der Waals surface area contributed by atoms with E-state index >= 15 is 0 Å². The molecule has 3 nitrogen and oxygen atoms in total. The molecular formula is C7H5N3S. The Hall–Kier alpha value is -1.29. The fourth-order valence-corrected chi connectivity index (χ4v) is 1.12. The normalized spacial score (nSPS) is 10.2. The SMILES string of the molecule is S=Cn1nnc2ccccc21. The van der Waals surface area contributed by atoms with Gasteiger partial charge in [-0.15, -0.1) is 5.10 Å².